The molecule has 0 aromatic heterocycles. The second-order valence-corrected chi connectivity index (χ2v) is 6.43. The molecule has 0 saturated carbocycles. The summed E-state index contributed by atoms with van der Waals surface area (Å²) in [5.41, 5.74) is -2.32. The van der Waals surface area contributed by atoms with Crippen molar-refractivity contribution in [3.63, 3.8) is 0 Å². The van der Waals surface area contributed by atoms with Crippen molar-refractivity contribution in [2.75, 3.05) is 6.61 Å². The molecule has 0 aliphatic heterocycles. The second kappa shape index (κ2) is 10.7. The molecule has 0 fully saturated rings. The number of ketones is 1. The molecule has 10 heteroatoms. The predicted octanol–water partition coefficient (Wildman–Crippen LogP) is 2.33. The lowest BCUT2D eigenvalue weighted by molar-refractivity contribution is -0.164. The summed E-state index contributed by atoms with van der Waals surface area (Å²) < 4.78 is 10.2. The van der Waals surface area contributed by atoms with Crippen LogP contribution in [0.25, 0.3) is 0 Å². The lowest BCUT2D eigenvalue weighted by atomic mass is 10.0. The zero-order chi connectivity index (χ0) is 23.7. The topological polar surface area (TPSA) is 155 Å². The SMILES string of the molecule is CCOC(=O)NC(=N)c1ccc(C(=O)NC(Oc2ccccc2)(C(=O)O)C(=O)CC)cc1. The maximum Gasteiger partial charge on any atom is 0.412 e. The number of carbonyl (C=O) groups excluding carboxylic acids is 3. The normalized spacial score (nSPS) is 12.1. The Labute approximate surface area is 184 Å². The number of alkyl carbamates (subject to hydrolysis) is 1. The quantitative estimate of drug-likeness (QED) is 0.201. The maximum atomic E-state index is 12.8. The van der Waals surface area contributed by atoms with Crippen LogP contribution in [0.5, 0.6) is 5.75 Å². The smallest absolute Gasteiger partial charge is 0.412 e. The van der Waals surface area contributed by atoms with Crippen molar-refractivity contribution >= 4 is 29.6 Å². The summed E-state index contributed by atoms with van der Waals surface area (Å²) in [6, 6.07) is 13.2. The molecule has 1 unspecified atom stereocenters. The number of aliphatic carboxylic acids is 1. The summed E-state index contributed by atoms with van der Waals surface area (Å²) in [6.07, 6.45) is -0.989. The Morgan fingerprint density at radius 2 is 1.56 bits per heavy atom. The average molecular weight is 441 g/mol. The first-order valence-electron chi connectivity index (χ1n) is 9.69. The molecule has 0 aliphatic carbocycles. The molecule has 0 spiro atoms. The van der Waals surface area contributed by atoms with E-state index in [4.69, 9.17) is 14.9 Å². The molecule has 32 heavy (non-hydrogen) atoms. The van der Waals surface area contributed by atoms with Crippen molar-refractivity contribution in [3.8, 4) is 5.75 Å². The lowest BCUT2D eigenvalue weighted by Crippen LogP contribution is -2.64. The van der Waals surface area contributed by atoms with Crippen LogP contribution in [0.2, 0.25) is 0 Å². The van der Waals surface area contributed by atoms with E-state index in [1.165, 1.54) is 43.3 Å². The molecule has 168 valence electrons. The molecule has 0 saturated heterocycles. The number of carboxylic acids is 1. The van der Waals surface area contributed by atoms with Gasteiger partial charge in [0.1, 0.15) is 11.6 Å². The Morgan fingerprint density at radius 3 is 2.09 bits per heavy atom. The van der Waals surface area contributed by atoms with Crippen molar-refractivity contribution in [3.05, 3.63) is 65.7 Å². The summed E-state index contributed by atoms with van der Waals surface area (Å²) in [5, 5.41) is 22.1. The summed E-state index contributed by atoms with van der Waals surface area (Å²) >= 11 is 0. The number of Topliss-reactive ketones (excluding diaryl/α,β-unsaturated/α-hetero) is 1. The zero-order valence-electron chi connectivity index (χ0n) is 17.5. The number of carbonyl (C=O) groups is 4. The number of hydrogen-bond donors (Lipinski definition) is 4. The summed E-state index contributed by atoms with van der Waals surface area (Å²) in [7, 11) is 0. The maximum absolute atomic E-state index is 12.8. The van der Waals surface area contributed by atoms with Crippen molar-refractivity contribution in [1.82, 2.24) is 10.6 Å². The number of amidine groups is 1. The molecule has 2 aromatic rings. The van der Waals surface area contributed by atoms with E-state index >= 15 is 0 Å². The molecule has 2 amide bonds. The summed E-state index contributed by atoms with van der Waals surface area (Å²) in [4.78, 5) is 48.8. The third-order valence-electron chi connectivity index (χ3n) is 4.26. The van der Waals surface area contributed by atoms with Crippen molar-refractivity contribution < 1.29 is 33.8 Å². The van der Waals surface area contributed by atoms with E-state index < -0.39 is 29.5 Å². The van der Waals surface area contributed by atoms with Gasteiger partial charge in [0.2, 0.25) is 5.78 Å². The van der Waals surface area contributed by atoms with Crippen LogP contribution in [0.4, 0.5) is 4.79 Å². The molecule has 0 heterocycles. The number of rotatable bonds is 9. The second-order valence-electron chi connectivity index (χ2n) is 6.43. The lowest BCUT2D eigenvalue weighted by Gasteiger charge is -2.29. The molecule has 0 aliphatic rings. The van der Waals surface area contributed by atoms with E-state index in [0.717, 1.165) is 0 Å². The number of amides is 2. The fraction of sp³-hybridized carbons (Fsp3) is 0.227. The molecule has 10 nitrogen and oxygen atoms in total. The molecule has 1 atom stereocenters. The molecule has 0 radical (unpaired) electrons. The minimum absolute atomic E-state index is 0.0175. The Bertz CT molecular complexity index is 1010. The van der Waals surface area contributed by atoms with Gasteiger partial charge >= 0.3 is 17.8 Å². The first kappa shape index (κ1) is 24.1. The van der Waals surface area contributed by atoms with Crippen LogP contribution in [0.3, 0.4) is 0 Å². The van der Waals surface area contributed by atoms with Crippen molar-refractivity contribution in [1.29, 1.82) is 5.41 Å². The van der Waals surface area contributed by atoms with E-state index in [1.807, 2.05) is 0 Å². The fourth-order valence-corrected chi connectivity index (χ4v) is 2.64. The van der Waals surface area contributed by atoms with Gasteiger partial charge in [0.25, 0.3) is 5.91 Å². The van der Waals surface area contributed by atoms with Crippen LogP contribution in [0, 0.1) is 5.41 Å². The number of carboxylic acid groups (broad SMARTS) is 1. The van der Waals surface area contributed by atoms with Gasteiger partial charge in [-0.25, -0.2) is 9.59 Å². The van der Waals surface area contributed by atoms with Gasteiger partial charge in [-0.3, -0.25) is 25.6 Å². The monoisotopic (exact) mass is 441 g/mol. The van der Waals surface area contributed by atoms with Crippen molar-refractivity contribution in [2.45, 2.75) is 26.0 Å². The van der Waals surface area contributed by atoms with Crippen LogP contribution in [0.1, 0.15) is 36.2 Å². The molecule has 4 N–H and O–H groups in total. The van der Waals surface area contributed by atoms with E-state index in [2.05, 4.69) is 10.6 Å². The third kappa shape index (κ3) is 5.69. The summed E-state index contributed by atoms with van der Waals surface area (Å²) in [5.74, 6) is -3.55. The highest BCUT2D eigenvalue weighted by atomic mass is 16.6. The minimum Gasteiger partial charge on any atom is -0.476 e. The molecular formula is C22H23N3O7. The third-order valence-corrected chi connectivity index (χ3v) is 4.26. The van der Waals surface area contributed by atoms with Gasteiger partial charge in [0.05, 0.1) is 6.61 Å². The Hall–Kier alpha value is -4.21. The fourth-order valence-electron chi connectivity index (χ4n) is 2.64. The average Bonchev–Trinajstić information content (AvgIpc) is 2.78. The number of nitrogens with one attached hydrogen (secondary N) is 3. The highest BCUT2D eigenvalue weighted by molar-refractivity contribution is 6.11. The molecular weight excluding hydrogens is 418 g/mol. The standard InChI is InChI=1S/C22H23N3O7/c1-3-17(26)22(20(28)29,32-16-8-6-5-7-9-16)25-19(27)15-12-10-14(11-13-15)18(23)24-21(30)31-4-2/h5-13H,3-4H2,1-2H3,(H,25,27)(H,28,29)(H2,23,24,30). The summed E-state index contributed by atoms with van der Waals surface area (Å²) in [6.45, 7) is 3.22. The van der Waals surface area contributed by atoms with Gasteiger partial charge in [0, 0.05) is 17.5 Å². The number of benzene rings is 2. The molecule has 2 rings (SSSR count). The van der Waals surface area contributed by atoms with E-state index in [9.17, 15) is 24.3 Å². The van der Waals surface area contributed by atoms with E-state index in [1.54, 1.807) is 25.1 Å². The van der Waals surface area contributed by atoms with Gasteiger partial charge in [-0.05, 0) is 31.2 Å². The van der Waals surface area contributed by atoms with E-state index in [0.29, 0.717) is 0 Å². The van der Waals surface area contributed by atoms with Crippen LogP contribution in [0.15, 0.2) is 54.6 Å². The Morgan fingerprint density at radius 1 is 0.969 bits per heavy atom. The van der Waals surface area contributed by atoms with Gasteiger partial charge in [0.15, 0.2) is 0 Å². The number of hydrogen-bond acceptors (Lipinski definition) is 7. The van der Waals surface area contributed by atoms with Gasteiger partial charge in [-0.1, -0.05) is 37.3 Å². The highest BCUT2D eigenvalue weighted by Crippen LogP contribution is 2.20. The van der Waals surface area contributed by atoms with Gasteiger partial charge in [-0.15, -0.1) is 0 Å². The Kier molecular flexibility index (Phi) is 8.05. The first-order valence-corrected chi connectivity index (χ1v) is 9.69. The minimum atomic E-state index is -2.62. The van der Waals surface area contributed by atoms with Gasteiger partial charge < -0.3 is 14.6 Å². The van der Waals surface area contributed by atoms with Crippen LogP contribution < -0.4 is 15.4 Å². The number of para-hydroxylation sites is 1. The zero-order valence-corrected chi connectivity index (χ0v) is 17.5. The van der Waals surface area contributed by atoms with Crippen LogP contribution in [-0.4, -0.2) is 47.0 Å². The van der Waals surface area contributed by atoms with E-state index in [-0.39, 0.29) is 35.7 Å². The van der Waals surface area contributed by atoms with Crippen molar-refractivity contribution in [2.24, 2.45) is 0 Å². The van der Waals surface area contributed by atoms with Gasteiger partial charge in [-0.2, -0.15) is 0 Å². The highest BCUT2D eigenvalue weighted by Gasteiger charge is 2.49. The predicted molar refractivity (Wildman–Crippen MR) is 114 cm³/mol. The molecule has 0 bridgehead atoms. The molecule has 2 aromatic carbocycles. The first-order chi connectivity index (χ1) is 15.2. The van der Waals surface area contributed by atoms with Crippen LogP contribution in [-0.2, 0) is 14.3 Å². The number of ether oxygens (including phenoxy) is 2. The largest absolute Gasteiger partial charge is 0.476 e. The van der Waals surface area contributed by atoms with Crippen LogP contribution >= 0.6 is 0 Å². The Balaban J connectivity index is 2.25.